The number of nitrogens with zero attached hydrogens (tertiary/aromatic N) is 2. The van der Waals surface area contributed by atoms with E-state index in [2.05, 4.69) is 15.3 Å². The molecule has 0 radical (unpaired) electrons. The topological polar surface area (TPSA) is 47.0 Å². The second-order valence-electron chi connectivity index (χ2n) is 4.60. The van der Waals surface area contributed by atoms with Gasteiger partial charge in [0.15, 0.2) is 0 Å². The van der Waals surface area contributed by atoms with Gasteiger partial charge in [-0.25, -0.2) is 9.97 Å². The molecule has 0 spiro atoms. The van der Waals surface area contributed by atoms with Crippen LogP contribution in [0.15, 0.2) is 12.1 Å². The molecule has 3 rings (SSSR count). The summed E-state index contributed by atoms with van der Waals surface area (Å²) in [5.74, 6) is 1.61. The van der Waals surface area contributed by atoms with Crippen LogP contribution in [0, 0.1) is 6.92 Å². The Hall–Kier alpha value is -1.55. The lowest BCUT2D eigenvalue weighted by Gasteiger charge is -2.11. The molecule has 5 heteroatoms. The Bertz CT molecular complexity index is 611. The van der Waals surface area contributed by atoms with Crippen LogP contribution >= 0.6 is 11.6 Å². The Balaban J connectivity index is 2.21. The van der Waals surface area contributed by atoms with Crippen molar-refractivity contribution in [3.63, 3.8) is 0 Å². The minimum Gasteiger partial charge on any atom is -0.497 e. The van der Waals surface area contributed by atoms with Gasteiger partial charge in [0, 0.05) is 11.4 Å². The monoisotopic (exact) mass is 263 g/mol. The summed E-state index contributed by atoms with van der Waals surface area (Å²) in [5, 5.41) is 4.63. The molecule has 0 amide bonds. The van der Waals surface area contributed by atoms with E-state index in [1.54, 1.807) is 7.11 Å². The standard InChI is InChI=1S/C13H14ClN3O/c1-7-5-9(18-2)6-10-11(7)16-13(14)17-12(10)15-8-3-4-8/h5-6,8H,3-4H2,1-2H3,(H,15,16,17). The summed E-state index contributed by atoms with van der Waals surface area (Å²) < 4.78 is 5.29. The minimum atomic E-state index is 0.277. The smallest absolute Gasteiger partial charge is 0.224 e. The van der Waals surface area contributed by atoms with Gasteiger partial charge < -0.3 is 10.1 Å². The first-order valence-electron chi connectivity index (χ1n) is 5.96. The Morgan fingerprint density at radius 3 is 2.78 bits per heavy atom. The fourth-order valence-corrected chi connectivity index (χ4v) is 2.16. The molecule has 4 nitrogen and oxygen atoms in total. The average molecular weight is 264 g/mol. The van der Waals surface area contributed by atoms with Gasteiger partial charge in [-0.1, -0.05) is 0 Å². The molecule has 2 aromatic rings. The summed E-state index contributed by atoms with van der Waals surface area (Å²) in [7, 11) is 1.66. The van der Waals surface area contributed by atoms with Crippen LogP contribution in [0.5, 0.6) is 5.75 Å². The lowest BCUT2D eigenvalue weighted by atomic mass is 10.1. The quantitative estimate of drug-likeness (QED) is 0.864. The number of benzene rings is 1. The van der Waals surface area contributed by atoms with Crippen LogP contribution in [0.1, 0.15) is 18.4 Å². The first-order valence-corrected chi connectivity index (χ1v) is 6.33. The summed E-state index contributed by atoms with van der Waals surface area (Å²) in [6, 6.07) is 4.42. The van der Waals surface area contributed by atoms with Crippen LogP contribution < -0.4 is 10.1 Å². The van der Waals surface area contributed by atoms with Gasteiger partial charge in [0.25, 0.3) is 0 Å². The van der Waals surface area contributed by atoms with Gasteiger partial charge in [-0.2, -0.15) is 0 Å². The molecule has 0 atom stereocenters. The van der Waals surface area contributed by atoms with Crippen LogP contribution in [-0.2, 0) is 0 Å². The third-order valence-corrected chi connectivity index (χ3v) is 3.26. The number of aromatic nitrogens is 2. The summed E-state index contributed by atoms with van der Waals surface area (Å²) >= 11 is 5.98. The number of ether oxygens (including phenoxy) is 1. The molecular formula is C13H14ClN3O. The molecule has 1 heterocycles. The Kier molecular flexibility index (Phi) is 2.74. The molecule has 1 fully saturated rings. The van der Waals surface area contributed by atoms with Crippen LogP contribution in [0.2, 0.25) is 5.28 Å². The van der Waals surface area contributed by atoms with Gasteiger partial charge in [0.2, 0.25) is 5.28 Å². The number of anilines is 1. The highest BCUT2D eigenvalue weighted by Gasteiger charge is 2.23. The largest absolute Gasteiger partial charge is 0.497 e. The molecule has 0 aliphatic heterocycles. The van der Waals surface area contributed by atoms with Crippen molar-refractivity contribution >= 4 is 28.3 Å². The SMILES string of the molecule is COc1cc(C)c2nc(Cl)nc(NC3CC3)c2c1. The number of hydrogen-bond donors (Lipinski definition) is 1. The zero-order valence-electron chi connectivity index (χ0n) is 10.3. The van der Waals surface area contributed by atoms with Crippen molar-refractivity contribution in [1.29, 1.82) is 0 Å². The average Bonchev–Trinajstić information content (AvgIpc) is 3.14. The number of nitrogens with one attached hydrogen (secondary N) is 1. The van der Waals surface area contributed by atoms with Crippen LogP contribution in [0.25, 0.3) is 10.9 Å². The van der Waals surface area contributed by atoms with Crippen molar-refractivity contribution in [1.82, 2.24) is 9.97 Å². The van der Waals surface area contributed by atoms with Crippen molar-refractivity contribution in [2.75, 3.05) is 12.4 Å². The molecule has 1 N–H and O–H groups in total. The van der Waals surface area contributed by atoms with Crippen LogP contribution in [0.4, 0.5) is 5.82 Å². The second kappa shape index (κ2) is 4.28. The summed E-state index contributed by atoms with van der Waals surface area (Å²) in [5.41, 5.74) is 1.91. The second-order valence-corrected chi connectivity index (χ2v) is 4.94. The fraction of sp³-hybridized carbons (Fsp3) is 0.385. The maximum atomic E-state index is 5.98. The van der Waals surface area contributed by atoms with Crippen LogP contribution in [0.3, 0.4) is 0 Å². The van der Waals surface area contributed by atoms with Crippen molar-refractivity contribution in [3.8, 4) is 5.75 Å². The Morgan fingerprint density at radius 1 is 1.33 bits per heavy atom. The first kappa shape index (κ1) is 11.5. The fourth-order valence-electron chi connectivity index (χ4n) is 1.99. The molecule has 1 saturated carbocycles. The molecule has 1 aliphatic carbocycles. The summed E-state index contributed by atoms with van der Waals surface area (Å²) in [6.07, 6.45) is 2.37. The number of fused-ring (bicyclic) bond motifs is 1. The van der Waals surface area contributed by atoms with Gasteiger partial charge in [-0.15, -0.1) is 0 Å². The van der Waals surface area contributed by atoms with Gasteiger partial charge in [0.05, 0.1) is 12.6 Å². The maximum absolute atomic E-state index is 5.98. The highest BCUT2D eigenvalue weighted by Crippen LogP contribution is 2.32. The van der Waals surface area contributed by atoms with E-state index in [-0.39, 0.29) is 5.28 Å². The molecule has 1 aliphatic rings. The van der Waals surface area contributed by atoms with E-state index < -0.39 is 0 Å². The van der Waals surface area contributed by atoms with E-state index in [1.165, 1.54) is 12.8 Å². The molecule has 94 valence electrons. The van der Waals surface area contributed by atoms with Crippen molar-refractivity contribution in [2.24, 2.45) is 0 Å². The van der Waals surface area contributed by atoms with E-state index in [4.69, 9.17) is 16.3 Å². The zero-order chi connectivity index (χ0) is 12.7. The van der Waals surface area contributed by atoms with Crippen molar-refractivity contribution in [3.05, 3.63) is 23.0 Å². The predicted molar refractivity (Wildman–Crippen MR) is 72.5 cm³/mol. The van der Waals surface area contributed by atoms with Gasteiger partial charge >= 0.3 is 0 Å². The zero-order valence-corrected chi connectivity index (χ0v) is 11.1. The van der Waals surface area contributed by atoms with Crippen LogP contribution in [-0.4, -0.2) is 23.1 Å². The highest BCUT2D eigenvalue weighted by molar-refractivity contribution is 6.28. The number of methoxy groups -OCH3 is 1. The molecule has 18 heavy (non-hydrogen) atoms. The normalized spacial score (nSPS) is 14.8. The molecular weight excluding hydrogens is 250 g/mol. The number of halogens is 1. The van der Waals surface area contributed by atoms with Gasteiger partial charge in [0.1, 0.15) is 11.6 Å². The van der Waals surface area contributed by atoms with Gasteiger partial charge in [-0.05, 0) is 49.1 Å². The number of hydrogen-bond acceptors (Lipinski definition) is 4. The lowest BCUT2D eigenvalue weighted by Crippen LogP contribution is -2.05. The Labute approximate surface area is 110 Å². The van der Waals surface area contributed by atoms with Crippen molar-refractivity contribution in [2.45, 2.75) is 25.8 Å². The predicted octanol–water partition coefficient (Wildman–Crippen LogP) is 3.17. The summed E-state index contributed by atoms with van der Waals surface area (Å²) in [6.45, 7) is 2.00. The highest BCUT2D eigenvalue weighted by atomic mass is 35.5. The van der Waals surface area contributed by atoms with E-state index in [0.29, 0.717) is 6.04 Å². The number of aryl methyl sites for hydroxylation is 1. The van der Waals surface area contributed by atoms with E-state index in [9.17, 15) is 0 Å². The number of rotatable bonds is 3. The third kappa shape index (κ3) is 2.08. The van der Waals surface area contributed by atoms with Gasteiger partial charge in [-0.3, -0.25) is 0 Å². The molecule has 0 saturated heterocycles. The molecule has 0 unspecified atom stereocenters. The molecule has 1 aromatic heterocycles. The lowest BCUT2D eigenvalue weighted by molar-refractivity contribution is 0.415. The van der Waals surface area contributed by atoms with Crippen molar-refractivity contribution < 1.29 is 4.74 Å². The molecule has 1 aromatic carbocycles. The third-order valence-electron chi connectivity index (χ3n) is 3.09. The molecule has 0 bridgehead atoms. The van der Waals surface area contributed by atoms with E-state index in [1.807, 2.05) is 19.1 Å². The Morgan fingerprint density at radius 2 is 2.11 bits per heavy atom. The minimum absolute atomic E-state index is 0.277. The summed E-state index contributed by atoms with van der Waals surface area (Å²) in [4.78, 5) is 8.58. The van der Waals surface area contributed by atoms with E-state index in [0.717, 1.165) is 28.0 Å². The van der Waals surface area contributed by atoms with E-state index >= 15 is 0 Å². The first-order chi connectivity index (χ1) is 8.67. The maximum Gasteiger partial charge on any atom is 0.224 e.